The van der Waals surface area contributed by atoms with Crippen molar-refractivity contribution in [3.05, 3.63) is 96.6 Å². The van der Waals surface area contributed by atoms with Gasteiger partial charge in [0.25, 0.3) is 0 Å². The zero-order valence-electron chi connectivity index (χ0n) is 15.0. The normalized spacial score (nSPS) is 19.0. The molecule has 0 radical (unpaired) electrons. The van der Waals surface area contributed by atoms with Crippen LogP contribution in [0.15, 0.2) is 94.1 Å². The molecule has 5 rings (SSSR count). The van der Waals surface area contributed by atoms with Crippen LogP contribution in [-0.4, -0.2) is 15.4 Å². The van der Waals surface area contributed by atoms with E-state index in [9.17, 15) is 0 Å². The molecule has 0 bridgehead atoms. The minimum absolute atomic E-state index is 0.400. The largest absolute Gasteiger partial charge is 0.439 e. The maximum Gasteiger partial charge on any atom is 0.209 e. The quantitative estimate of drug-likeness (QED) is 0.487. The fourth-order valence-electron chi connectivity index (χ4n) is 3.36. The first kappa shape index (κ1) is 16.4. The van der Waals surface area contributed by atoms with Crippen LogP contribution in [0.5, 0.6) is 0 Å². The van der Waals surface area contributed by atoms with E-state index in [1.165, 1.54) is 6.26 Å². The van der Waals surface area contributed by atoms with E-state index in [2.05, 4.69) is 40.8 Å². The van der Waals surface area contributed by atoms with E-state index in [-0.39, 0.29) is 0 Å². The fraction of sp³-hybridized carbons (Fsp3) is 0.0870. The van der Waals surface area contributed by atoms with Crippen molar-refractivity contribution in [3.8, 4) is 11.3 Å². The van der Waals surface area contributed by atoms with Crippen LogP contribution in [-0.2, 0) is 5.41 Å². The molecular weight excluding hydrogens is 350 g/mol. The maximum atomic E-state index is 6.09. The zero-order chi connectivity index (χ0) is 18.8. The summed E-state index contributed by atoms with van der Waals surface area (Å²) in [5.41, 5.74) is 4.05. The van der Waals surface area contributed by atoms with Crippen LogP contribution in [0.2, 0.25) is 0 Å². The molecule has 0 aliphatic heterocycles. The number of allylic oxidation sites excluding steroid dienone is 5. The first-order valence-electron chi connectivity index (χ1n) is 9.10. The van der Waals surface area contributed by atoms with Crippen LogP contribution >= 0.6 is 0 Å². The number of fused-ring (bicyclic) bond motifs is 1. The van der Waals surface area contributed by atoms with Crippen molar-refractivity contribution in [1.82, 2.24) is 15.4 Å². The fourth-order valence-corrected chi connectivity index (χ4v) is 3.36. The maximum absolute atomic E-state index is 6.09. The first-order chi connectivity index (χ1) is 13.8. The van der Waals surface area contributed by atoms with Crippen LogP contribution in [0.25, 0.3) is 28.4 Å². The predicted molar refractivity (Wildman–Crippen MR) is 107 cm³/mol. The molecule has 0 amide bonds. The Morgan fingerprint density at radius 2 is 1.89 bits per heavy atom. The lowest BCUT2D eigenvalue weighted by Gasteiger charge is -2.24. The van der Waals surface area contributed by atoms with Crippen LogP contribution in [0.4, 0.5) is 0 Å². The number of para-hydroxylation sites is 2. The van der Waals surface area contributed by atoms with Gasteiger partial charge in [0.2, 0.25) is 5.89 Å². The van der Waals surface area contributed by atoms with E-state index < -0.39 is 5.41 Å². The number of benzene rings is 2. The molecule has 5 nitrogen and oxygen atoms in total. The van der Waals surface area contributed by atoms with Gasteiger partial charge in [-0.1, -0.05) is 72.9 Å². The Hall–Kier alpha value is -3.73. The second-order valence-corrected chi connectivity index (χ2v) is 6.76. The Morgan fingerprint density at radius 1 is 1.00 bits per heavy atom. The molecular formula is C23H17N3O2. The van der Waals surface area contributed by atoms with E-state index in [4.69, 9.17) is 13.9 Å². The molecule has 136 valence electrons. The van der Waals surface area contributed by atoms with Gasteiger partial charge in [0, 0.05) is 10.8 Å². The van der Waals surface area contributed by atoms with Gasteiger partial charge in [-0.3, -0.25) is 0 Å². The lowest BCUT2D eigenvalue weighted by atomic mass is 9.80. The molecule has 0 saturated heterocycles. The summed E-state index contributed by atoms with van der Waals surface area (Å²) in [5, 5.41) is 7.44. The molecule has 1 aliphatic rings. The van der Waals surface area contributed by atoms with Crippen molar-refractivity contribution in [1.29, 1.82) is 0 Å². The summed E-state index contributed by atoms with van der Waals surface area (Å²) < 4.78 is 10.9. The Bertz CT molecular complexity index is 1150. The summed E-state index contributed by atoms with van der Waals surface area (Å²) in [6, 6.07) is 15.9. The van der Waals surface area contributed by atoms with Gasteiger partial charge < -0.3 is 8.94 Å². The molecule has 1 unspecified atom stereocenters. The Labute approximate surface area is 161 Å². The summed E-state index contributed by atoms with van der Waals surface area (Å²) in [6.45, 7) is 0. The smallest absolute Gasteiger partial charge is 0.209 e. The zero-order valence-corrected chi connectivity index (χ0v) is 15.0. The molecule has 2 aromatic heterocycles. The first-order valence-corrected chi connectivity index (χ1v) is 9.10. The van der Waals surface area contributed by atoms with Crippen LogP contribution in [0.1, 0.15) is 17.9 Å². The van der Waals surface area contributed by atoms with Crippen molar-refractivity contribution >= 4 is 17.2 Å². The van der Waals surface area contributed by atoms with Gasteiger partial charge in [0.1, 0.15) is 11.2 Å². The average Bonchev–Trinajstić information content (AvgIpc) is 3.43. The lowest BCUT2D eigenvalue weighted by Crippen LogP contribution is -2.21. The van der Waals surface area contributed by atoms with E-state index >= 15 is 0 Å². The molecule has 1 aliphatic carbocycles. The monoisotopic (exact) mass is 367 g/mol. The highest BCUT2D eigenvalue weighted by Crippen LogP contribution is 2.36. The second kappa shape index (κ2) is 6.78. The molecule has 2 heterocycles. The summed E-state index contributed by atoms with van der Waals surface area (Å²) >= 11 is 0. The number of aromatic nitrogens is 3. The predicted octanol–water partition coefficient (Wildman–Crippen LogP) is 5.35. The van der Waals surface area contributed by atoms with Gasteiger partial charge in [-0.15, -0.1) is 5.10 Å². The third kappa shape index (κ3) is 2.97. The number of nitrogens with zero attached hydrogens (tertiary/aromatic N) is 3. The number of oxazole rings is 1. The van der Waals surface area contributed by atoms with Gasteiger partial charge in [-0.25, -0.2) is 4.98 Å². The second-order valence-electron chi connectivity index (χ2n) is 6.76. The number of hydrogen-bond donors (Lipinski definition) is 0. The average molecular weight is 367 g/mol. The molecule has 0 spiro atoms. The molecule has 5 heteroatoms. The standard InChI is InChI=1S/C23H17N3O2/c1-4-13-23(14-5-1,22-24-19-6-2-3-7-21(19)28-22)15-12-17-8-10-18(11-9-17)20-16-27-26-25-20/h1-13,15-16H,14H2. The SMILES string of the molecule is C1=CCC(C=Cc2ccc(-c3conn3)cc2)(c2nc3ccccc3o2)C=C1. The minimum atomic E-state index is -0.400. The number of rotatable bonds is 4. The Balaban J connectivity index is 1.49. The van der Waals surface area contributed by atoms with Gasteiger partial charge in [0.05, 0.1) is 5.41 Å². The van der Waals surface area contributed by atoms with Crippen molar-refractivity contribution in [3.63, 3.8) is 0 Å². The molecule has 0 fully saturated rings. The van der Waals surface area contributed by atoms with Crippen LogP contribution in [0.3, 0.4) is 0 Å². The summed E-state index contributed by atoms with van der Waals surface area (Å²) in [6.07, 6.45) is 15.0. The van der Waals surface area contributed by atoms with E-state index in [1.807, 2.05) is 54.6 Å². The van der Waals surface area contributed by atoms with E-state index in [0.717, 1.165) is 34.3 Å². The van der Waals surface area contributed by atoms with E-state index in [1.54, 1.807) is 0 Å². The van der Waals surface area contributed by atoms with Gasteiger partial charge in [-0.05, 0) is 24.1 Å². The summed E-state index contributed by atoms with van der Waals surface area (Å²) in [4.78, 5) is 4.74. The van der Waals surface area contributed by atoms with Crippen molar-refractivity contribution in [2.45, 2.75) is 11.8 Å². The molecule has 0 N–H and O–H groups in total. The topological polar surface area (TPSA) is 65.0 Å². The van der Waals surface area contributed by atoms with E-state index in [0.29, 0.717) is 5.89 Å². The van der Waals surface area contributed by atoms with Crippen LogP contribution in [0, 0.1) is 0 Å². The van der Waals surface area contributed by atoms with Crippen LogP contribution < -0.4 is 0 Å². The molecule has 28 heavy (non-hydrogen) atoms. The minimum Gasteiger partial charge on any atom is -0.439 e. The van der Waals surface area contributed by atoms with Gasteiger partial charge >= 0.3 is 0 Å². The summed E-state index contributed by atoms with van der Waals surface area (Å²) in [7, 11) is 0. The van der Waals surface area contributed by atoms with Gasteiger partial charge in [0.15, 0.2) is 11.8 Å². The van der Waals surface area contributed by atoms with Crippen molar-refractivity contribution in [2.24, 2.45) is 0 Å². The number of hydrogen-bond acceptors (Lipinski definition) is 5. The van der Waals surface area contributed by atoms with Gasteiger partial charge in [-0.2, -0.15) is 0 Å². The van der Waals surface area contributed by atoms with Crippen molar-refractivity contribution in [2.75, 3.05) is 0 Å². The third-order valence-corrected chi connectivity index (χ3v) is 4.93. The highest BCUT2D eigenvalue weighted by molar-refractivity contribution is 5.73. The molecule has 1 atom stereocenters. The molecule has 2 aromatic carbocycles. The highest BCUT2D eigenvalue weighted by Gasteiger charge is 2.32. The van der Waals surface area contributed by atoms with Crippen molar-refractivity contribution < 1.29 is 8.94 Å². The molecule has 0 saturated carbocycles. The Morgan fingerprint density at radius 3 is 2.64 bits per heavy atom. The Kier molecular flexibility index (Phi) is 3.98. The summed E-state index contributed by atoms with van der Waals surface area (Å²) in [5.74, 6) is 0.704. The lowest BCUT2D eigenvalue weighted by molar-refractivity contribution is 0.393. The molecule has 4 aromatic rings. The highest BCUT2D eigenvalue weighted by atomic mass is 16.5. The third-order valence-electron chi connectivity index (χ3n) is 4.93.